The van der Waals surface area contributed by atoms with Crippen molar-refractivity contribution < 1.29 is 13.9 Å². The molecular formula is C17H21N3O3. The van der Waals surface area contributed by atoms with Crippen LogP contribution in [-0.4, -0.2) is 49.1 Å². The molecule has 1 aromatic carbocycles. The lowest BCUT2D eigenvalue weighted by atomic mass is 10.2. The Kier molecular flexibility index (Phi) is 4.50. The van der Waals surface area contributed by atoms with Crippen LogP contribution in [0.15, 0.2) is 34.9 Å². The summed E-state index contributed by atoms with van der Waals surface area (Å²) in [5, 5.41) is 0. The maximum absolute atomic E-state index is 12.4. The van der Waals surface area contributed by atoms with Gasteiger partial charge in [-0.3, -0.25) is 4.79 Å². The van der Waals surface area contributed by atoms with E-state index in [9.17, 15) is 4.79 Å². The zero-order valence-corrected chi connectivity index (χ0v) is 13.5. The van der Waals surface area contributed by atoms with E-state index in [2.05, 4.69) is 16.0 Å². The third-order valence-electron chi connectivity index (χ3n) is 4.06. The van der Waals surface area contributed by atoms with Crippen molar-refractivity contribution in [3.05, 3.63) is 42.1 Å². The minimum absolute atomic E-state index is 0.0567. The second-order valence-electron chi connectivity index (χ2n) is 5.46. The second-order valence-corrected chi connectivity index (χ2v) is 5.46. The average molecular weight is 315 g/mol. The lowest BCUT2D eigenvalue weighted by Gasteiger charge is -2.35. The molecule has 6 nitrogen and oxygen atoms in total. The van der Waals surface area contributed by atoms with Crippen molar-refractivity contribution in [2.75, 3.05) is 38.2 Å². The first-order valence-corrected chi connectivity index (χ1v) is 7.84. The van der Waals surface area contributed by atoms with E-state index in [1.165, 1.54) is 6.26 Å². The van der Waals surface area contributed by atoms with Crippen LogP contribution in [0.25, 0.3) is 0 Å². The molecule has 1 aromatic heterocycles. The number of hydrogen-bond donors (Lipinski definition) is 0. The quantitative estimate of drug-likeness (QED) is 0.866. The van der Waals surface area contributed by atoms with Crippen molar-refractivity contribution in [2.45, 2.75) is 13.3 Å². The van der Waals surface area contributed by atoms with Gasteiger partial charge in [0, 0.05) is 44.4 Å². The Bertz CT molecular complexity index is 675. The summed E-state index contributed by atoms with van der Waals surface area (Å²) in [4.78, 5) is 20.7. The lowest BCUT2D eigenvalue weighted by Crippen LogP contribution is -2.48. The van der Waals surface area contributed by atoms with Gasteiger partial charge in [0.2, 0.25) is 0 Å². The van der Waals surface area contributed by atoms with E-state index in [1.807, 2.05) is 30.0 Å². The third kappa shape index (κ3) is 3.31. The molecule has 0 spiro atoms. The van der Waals surface area contributed by atoms with Gasteiger partial charge in [0.15, 0.2) is 11.6 Å². The predicted octanol–water partition coefficient (Wildman–Crippen LogP) is 2.21. The number of benzene rings is 1. The van der Waals surface area contributed by atoms with E-state index >= 15 is 0 Å². The van der Waals surface area contributed by atoms with Gasteiger partial charge in [0.05, 0.1) is 7.11 Å². The van der Waals surface area contributed by atoms with Crippen LogP contribution >= 0.6 is 0 Å². The van der Waals surface area contributed by atoms with Crippen molar-refractivity contribution in [1.82, 2.24) is 9.88 Å². The first kappa shape index (κ1) is 15.4. The Morgan fingerprint density at radius 3 is 2.74 bits per heavy atom. The van der Waals surface area contributed by atoms with E-state index in [4.69, 9.17) is 9.15 Å². The summed E-state index contributed by atoms with van der Waals surface area (Å²) < 4.78 is 10.5. The molecule has 1 saturated heterocycles. The smallest absolute Gasteiger partial charge is 0.275 e. The summed E-state index contributed by atoms with van der Waals surface area (Å²) >= 11 is 0. The van der Waals surface area contributed by atoms with Crippen molar-refractivity contribution >= 4 is 11.6 Å². The maximum atomic E-state index is 12.4. The first-order valence-electron chi connectivity index (χ1n) is 7.84. The van der Waals surface area contributed by atoms with Gasteiger partial charge in [0.25, 0.3) is 5.91 Å². The Hall–Kier alpha value is -2.50. The number of piperazine rings is 1. The van der Waals surface area contributed by atoms with Crippen LogP contribution in [0.4, 0.5) is 5.69 Å². The molecule has 1 aliphatic rings. The van der Waals surface area contributed by atoms with Gasteiger partial charge in [-0.05, 0) is 12.1 Å². The van der Waals surface area contributed by atoms with Gasteiger partial charge in [-0.25, -0.2) is 4.98 Å². The molecule has 0 atom stereocenters. The molecule has 2 aromatic rings. The molecule has 2 heterocycles. The van der Waals surface area contributed by atoms with Crippen molar-refractivity contribution in [3.8, 4) is 5.75 Å². The van der Waals surface area contributed by atoms with E-state index in [-0.39, 0.29) is 5.91 Å². The van der Waals surface area contributed by atoms with Crippen LogP contribution in [-0.2, 0) is 6.42 Å². The third-order valence-corrected chi connectivity index (χ3v) is 4.06. The number of hydrogen-bond acceptors (Lipinski definition) is 5. The highest BCUT2D eigenvalue weighted by molar-refractivity contribution is 5.92. The number of ether oxygens (including phenoxy) is 1. The highest BCUT2D eigenvalue weighted by atomic mass is 16.5. The molecule has 6 heteroatoms. The molecule has 0 unspecified atom stereocenters. The molecule has 0 bridgehead atoms. The molecule has 122 valence electrons. The number of anilines is 1. The largest absolute Gasteiger partial charge is 0.497 e. The van der Waals surface area contributed by atoms with Gasteiger partial charge < -0.3 is 19.0 Å². The molecule has 23 heavy (non-hydrogen) atoms. The van der Waals surface area contributed by atoms with Crippen LogP contribution in [0.1, 0.15) is 23.3 Å². The number of oxazole rings is 1. The standard InChI is InChI=1S/C17H21N3O3/c1-3-16-18-15(12-23-16)17(21)20-9-7-19(8-10-20)13-5-4-6-14(11-13)22-2/h4-6,11-12H,3,7-10H2,1-2H3. The van der Waals surface area contributed by atoms with Crippen LogP contribution < -0.4 is 9.64 Å². The fourth-order valence-electron chi connectivity index (χ4n) is 2.71. The van der Waals surface area contributed by atoms with Crippen LogP contribution in [0, 0.1) is 0 Å². The monoisotopic (exact) mass is 315 g/mol. The summed E-state index contributed by atoms with van der Waals surface area (Å²) in [6, 6.07) is 7.99. The number of aromatic nitrogens is 1. The van der Waals surface area contributed by atoms with Gasteiger partial charge in [-0.15, -0.1) is 0 Å². The Morgan fingerprint density at radius 2 is 2.09 bits per heavy atom. The molecule has 1 aliphatic heterocycles. The van der Waals surface area contributed by atoms with E-state index in [0.717, 1.165) is 24.5 Å². The number of rotatable bonds is 4. The first-order chi connectivity index (χ1) is 11.2. The van der Waals surface area contributed by atoms with Crippen LogP contribution in [0.5, 0.6) is 5.75 Å². The Morgan fingerprint density at radius 1 is 1.30 bits per heavy atom. The van der Waals surface area contributed by atoms with Gasteiger partial charge >= 0.3 is 0 Å². The summed E-state index contributed by atoms with van der Waals surface area (Å²) in [5.41, 5.74) is 1.52. The minimum atomic E-state index is -0.0567. The normalized spacial score (nSPS) is 14.9. The van der Waals surface area contributed by atoms with Gasteiger partial charge in [-0.1, -0.05) is 13.0 Å². The van der Waals surface area contributed by atoms with Crippen LogP contribution in [0.3, 0.4) is 0 Å². The molecule has 0 N–H and O–H groups in total. The van der Waals surface area contributed by atoms with Crippen molar-refractivity contribution in [3.63, 3.8) is 0 Å². The lowest BCUT2D eigenvalue weighted by molar-refractivity contribution is 0.0740. The van der Waals surface area contributed by atoms with E-state index in [1.54, 1.807) is 7.11 Å². The minimum Gasteiger partial charge on any atom is -0.497 e. The SMILES string of the molecule is CCc1nc(C(=O)N2CCN(c3cccc(OC)c3)CC2)co1. The summed E-state index contributed by atoms with van der Waals surface area (Å²) in [7, 11) is 1.66. The van der Waals surface area contributed by atoms with Crippen LogP contribution in [0.2, 0.25) is 0 Å². The molecule has 1 fully saturated rings. The average Bonchev–Trinajstić information content (AvgIpc) is 3.10. The summed E-state index contributed by atoms with van der Waals surface area (Å²) in [5.74, 6) is 1.39. The Balaban J connectivity index is 1.62. The highest BCUT2D eigenvalue weighted by Gasteiger charge is 2.24. The number of nitrogens with zero attached hydrogens (tertiary/aromatic N) is 3. The van der Waals surface area contributed by atoms with Crippen molar-refractivity contribution in [1.29, 1.82) is 0 Å². The fraction of sp³-hybridized carbons (Fsp3) is 0.412. The van der Waals surface area contributed by atoms with Gasteiger partial charge in [-0.2, -0.15) is 0 Å². The fourth-order valence-corrected chi connectivity index (χ4v) is 2.71. The molecule has 0 aliphatic carbocycles. The highest BCUT2D eigenvalue weighted by Crippen LogP contribution is 2.22. The summed E-state index contributed by atoms with van der Waals surface area (Å²) in [6.07, 6.45) is 2.15. The van der Waals surface area contributed by atoms with Crippen molar-refractivity contribution in [2.24, 2.45) is 0 Å². The van der Waals surface area contributed by atoms with Gasteiger partial charge in [0.1, 0.15) is 12.0 Å². The maximum Gasteiger partial charge on any atom is 0.275 e. The number of carbonyl (C=O) groups is 1. The topological polar surface area (TPSA) is 58.8 Å². The molecular weight excluding hydrogens is 294 g/mol. The second kappa shape index (κ2) is 6.73. The zero-order chi connectivity index (χ0) is 16.2. The van der Waals surface area contributed by atoms with E-state index in [0.29, 0.717) is 31.1 Å². The summed E-state index contributed by atoms with van der Waals surface area (Å²) in [6.45, 7) is 4.87. The number of amides is 1. The predicted molar refractivity (Wildman–Crippen MR) is 87.0 cm³/mol. The Labute approximate surface area is 135 Å². The molecule has 0 saturated carbocycles. The molecule has 0 radical (unpaired) electrons. The number of carbonyl (C=O) groups excluding carboxylic acids is 1. The number of methoxy groups -OCH3 is 1. The molecule has 1 amide bonds. The van der Waals surface area contributed by atoms with E-state index < -0.39 is 0 Å². The zero-order valence-electron chi connectivity index (χ0n) is 13.5. The molecule has 3 rings (SSSR count). The number of aryl methyl sites for hydroxylation is 1.